The van der Waals surface area contributed by atoms with Gasteiger partial charge in [0.2, 0.25) is 0 Å². The van der Waals surface area contributed by atoms with Crippen LogP contribution in [0.1, 0.15) is 5.56 Å². The summed E-state index contributed by atoms with van der Waals surface area (Å²) in [4.78, 5) is 11.3. The first-order valence-corrected chi connectivity index (χ1v) is 4.96. The quantitative estimate of drug-likeness (QED) is 0.793. The molecule has 0 spiro atoms. The van der Waals surface area contributed by atoms with E-state index in [-0.39, 0.29) is 6.61 Å². The van der Waals surface area contributed by atoms with E-state index in [0.29, 0.717) is 17.8 Å². The van der Waals surface area contributed by atoms with Crippen LogP contribution < -0.4 is 10.4 Å². The maximum Gasteiger partial charge on any atom is 0.336 e. The Kier molecular flexibility index (Phi) is 2.92. The minimum atomic E-state index is -0.413. The monoisotopic (exact) mass is 220 g/mol. The van der Waals surface area contributed by atoms with Gasteiger partial charge in [-0.25, -0.2) is 4.79 Å². The van der Waals surface area contributed by atoms with Gasteiger partial charge in [0.1, 0.15) is 11.3 Å². The maximum absolute atomic E-state index is 11.3. The van der Waals surface area contributed by atoms with Crippen LogP contribution in [0.4, 0.5) is 0 Å². The third-order valence-electron chi connectivity index (χ3n) is 2.42. The summed E-state index contributed by atoms with van der Waals surface area (Å²) in [7, 11) is 1.55. The van der Waals surface area contributed by atoms with Crippen LogP contribution in [-0.2, 0) is 6.42 Å². The van der Waals surface area contributed by atoms with Gasteiger partial charge in [0.05, 0.1) is 7.11 Å². The number of hydrogen-bond donors (Lipinski definition) is 1. The maximum atomic E-state index is 11.3. The van der Waals surface area contributed by atoms with Crippen molar-refractivity contribution in [1.82, 2.24) is 0 Å². The number of hydrogen-bond acceptors (Lipinski definition) is 4. The van der Waals surface area contributed by atoms with Gasteiger partial charge in [0.25, 0.3) is 0 Å². The average Bonchev–Trinajstić information content (AvgIpc) is 2.28. The topological polar surface area (TPSA) is 59.7 Å². The van der Waals surface area contributed by atoms with E-state index >= 15 is 0 Å². The van der Waals surface area contributed by atoms with E-state index in [1.165, 1.54) is 6.07 Å². The lowest BCUT2D eigenvalue weighted by Gasteiger charge is -2.05. The molecule has 0 fully saturated rings. The van der Waals surface area contributed by atoms with Crippen LogP contribution in [0.2, 0.25) is 0 Å². The molecule has 0 atom stereocenters. The van der Waals surface area contributed by atoms with Crippen molar-refractivity contribution in [2.24, 2.45) is 0 Å². The molecule has 4 nitrogen and oxygen atoms in total. The van der Waals surface area contributed by atoms with Crippen LogP contribution in [0.25, 0.3) is 11.0 Å². The number of rotatable bonds is 3. The second kappa shape index (κ2) is 4.37. The number of aliphatic hydroxyl groups is 1. The second-order valence-electron chi connectivity index (χ2n) is 3.43. The molecule has 0 saturated carbocycles. The molecule has 84 valence electrons. The summed E-state index contributed by atoms with van der Waals surface area (Å²) in [6.07, 6.45) is 0.439. The number of benzene rings is 1. The molecule has 0 radical (unpaired) electrons. The molecule has 16 heavy (non-hydrogen) atoms. The third-order valence-corrected chi connectivity index (χ3v) is 2.42. The van der Waals surface area contributed by atoms with E-state index in [4.69, 9.17) is 14.3 Å². The molecular weight excluding hydrogens is 208 g/mol. The fraction of sp³-hybridized carbons (Fsp3) is 0.250. The number of fused-ring (bicyclic) bond motifs is 1. The summed E-state index contributed by atoms with van der Waals surface area (Å²) in [6.45, 7) is 0.00455. The highest BCUT2D eigenvalue weighted by atomic mass is 16.5. The first-order valence-electron chi connectivity index (χ1n) is 4.96. The van der Waals surface area contributed by atoms with E-state index in [2.05, 4.69) is 0 Å². The molecule has 0 unspecified atom stereocenters. The fourth-order valence-electron chi connectivity index (χ4n) is 1.66. The summed E-state index contributed by atoms with van der Waals surface area (Å²) in [6, 6.07) is 6.69. The van der Waals surface area contributed by atoms with Gasteiger partial charge in [-0.05, 0) is 24.1 Å². The molecule has 0 saturated heterocycles. The summed E-state index contributed by atoms with van der Waals surface area (Å²) >= 11 is 0. The van der Waals surface area contributed by atoms with Crippen molar-refractivity contribution in [2.45, 2.75) is 6.42 Å². The molecule has 0 aliphatic heterocycles. The lowest BCUT2D eigenvalue weighted by Crippen LogP contribution is -2.02. The molecule has 0 aliphatic carbocycles. The van der Waals surface area contributed by atoms with Crippen LogP contribution in [0, 0.1) is 0 Å². The van der Waals surface area contributed by atoms with Gasteiger partial charge in [-0.1, -0.05) is 0 Å². The average molecular weight is 220 g/mol. The van der Waals surface area contributed by atoms with E-state index < -0.39 is 5.63 Å². The Morgan fingerprint density at radius 3 is 2.88 bits per heavy atom. The van der Waals surface area contributed by atoms with Gasteiger partial charge < -0.3 is 14.3 Å². The Bertz CT molecular complexity index is 556. The predicted octanol–water partition coefficient (Wildman–Crippen LogP) is 1.34. The summed E-state index contributed by atoms with van der Waals surface area (Å²) in [5, 5.41) is 9.74. The van der Waals surface area contributed by atoms with Crippen LogP contribution in [-0.4, -0.2) is 18.8 Å². The highest BCUT2D eigenvalue weighted by molar-refractivity contribution is 5.81. The van der Waals surface area contributed by atoms with Crippen LogP contribution >= 0.6 is 0 Å². The second-order valence-corrected chi connectivity index (χ2v) is 3.43. The Labute approximate surface area is 92.1 Å². The van der Waals surface area contributed by atoms with Crippen molar-refractivity contribution >= 4 is 11.0 Å². The lowest BCUT2D eigenvalue weighted by atomic mass is 10.1. The number of methoxy groups -OCH3 is 1. The minimum absolute atomic E-state index is 0.00455. The first-order chi connectivity index (χ1) is 7.74. The number of aliphatic hydroxyl groups excluding tert-OH is 1. The normalized spacial score (nSPS) is 10.6. The zero-order valence-corrected chi connectivity index (χ0v) is 8.90. The summed E-state index contributed by atoms with van der Waals surface area (Å²) in [5.74, 6) is 0.636. The SMILES string of the molecule is COc1ccc2c(CCO)cc(=O)oc2c1. The molecule has 0 amide bonds. The van der Waals surface area contributed by atoms with Crippen LogP contribution in [0.5, 0.6) is 5.75 Å². The van der Waals surface area contributed by atoms with E-state index in [9.17, 15) is 4.79 Å². The Morgan fingerprint density at radius 1 is 1.38 bits per heavy atom. The molecule has 1 heterocycles. The number of ether oxygens (including phenoxy) is 1. The zero-order valence-electron chi connectivity index (χ0n) is 8.90. The molecule has 2 rings (SSSR count). The van der Waals surface area contributed by atoms with Crippen molar-refractivity contribution in [2.75, 3.05) is 13.7 Å². The van der Waals surface area contributed by atoms with Crippen molar-refractivity contribution in [3.8, 4) is 5.75 Å². The van der Waals surface area contributed by atoms with Crippen LogP contribution in [0.15, 0.2) is 33.5 Å². The van der Waals surface area contributed by atoms with Gasteiger partial charge in [-0.3, -0.25) is 0 Å². The van der Waals surface area contributed by atoms with Crippen LogP contribution in [0.3, 0.4) is 0 Å². The largest absolute Gasteiger partial charge is 0.497 e. The van der Waals surface area contributed by atoms with Gasteiger partial charge in [0, 0.05) is 24.1 Å². The standard InChI is InChI=1S/C12H12O4/c1-15-9-2-3-10-8(4-5-13)6-12(14)16-11(10)7-9/h2-3,6-7,13H,4-5H2,1H3. The molecule has 4 heteroatoms. The van der Waals surface area contributed by atoms with Gasteiger partial charge in [-0.15, -0.1) is 0 Å². The van der Waals surface area contributed by atoms with E-state index in [1.54, 1.807) is 19.2 Å². The predicted molar refractivity (Wildman–Crippen MR) is 59.8 cm³/mol. The molecule has 1 N–H and O–H groups in total. The van der Waals surface area contributed by atoms with E-state index in [0.717, 1.165) is 10.9 Å². The lowest BCUT2D eigenvalue weighted by molar-refractivity contribution is 0.300. The van der Waals surface area contributed by atoms with Gasteiger partial charge in [-0.2, -0.15) is 0 Å². The molecule has 1 aromatic carbocycles. The van der Waals surface area contributed by atoms with Crippen molar-refractivity contribution in [1.29, 1.82) is 0 Å². The fourth-order valence-corrected chi connectivity index (χ4v) is 1.66. The molecule has 0 bridgehead atoms. The van der Waals surface area contributed by atoms with Crippen molar-refractivity contribution in [3.05, 3.63) is 40.2 Å². The Morgan fingerprint density at radius 2 is 2.19 bits per heavy atom. The summed E-state index contributed by atoms with van der Waals surface area (Å²) < 4.78 is 10.1. The summed E-state index contributed by atoms with van der Waals surface area (Å²) in [5.41, 5.74) is 0.857. The molecular formula is C12H12O4. The van der Waals surface area contributed by atoms with Crippen molar-refractivity contribution < 1.29 is 14.3 Å². The highest BCUT2D eigenvalue weighted by Crippen LogP contribution is 2.22. The highest BCUT2D eigenvalue weighted by Gasteiger charge is 2.06. The van der Waals surface area contributed by atoms with Crippen molar-refractivity contribution in [3.63, 3.8) is 0 Å². The minimum Gasteiger partial charge on any atom is -0.497 e. The molecule has 2 aromatic rings. The third kappa shape index (κ3) is 1.92. The first kappa shape index (κ1) is 10.7. The van der Waals surface area contributed by atoms with Gasteiger partial charge in [0.15, 0.2) is 0 Å². The smallest absolute Gasteiger partial charge is 0.336 e. The Hall–Kier alpha value is -1.81. The molecule has 0 aliphatic rings. The van der Waals surface area contributed by atoms with E-state index in [1.807, 2.05) is 6.07 Å². The Balaban J connectivity index is 2.68. The van der Waals surface area contributed by atoms with Gasteiger partial charge >= 0.3 is 5.63 Å². The zero-order chi connectivity index (χ0) is 11.5. The molecule has 1 aromatic heterocycles.